The van der Waals surface area contributed by atoms with Gasteiger partial charge in [0.1, 0.15) is 0 Å². The van der Waals surface area contributed by atoms with E-state index in [0.29, 0.717) is 12.6 Å². The molecule has 0 spiro atoms. The van der Waals surface area contributed by atoms with Gasteiger partial charge in [-0.25, -0.2) is 0 Å². The highest BCUT2D eigenvalue weighted by molar-refractivity contribution is 5.23. The van der Waals surface area contributed by atoms with Gasteiger partial charge in [-0.05, 0) is 36.9 Å². The largest absolute Gasteiger partial charge is 0.380 e. The number of benzene rings is 1. The number of rotatable bonds is 4. The molecule has 1 aliphatic heterocycles. The lowest BCUT2D eigenvalue weighted by Gasteiger charge is -2.23. The van der Waals surface area contributed by atoms with E-state index in [4.69, 9.17) is 4.74 Å². The zero-order valence-electron chi connectivity index (χ0n) is 10.0. The molecule has 0 saturated carbocycles. The number of hydrogen-bond donors (Lipinski definition) is 1. The van der Waals surface area contributed by atoms with E-state index in [2.05, 4.69) is 29.6 Å². The van der Waals surface area contributed by atoms with E-state index in [0.717, 1.165) is 6.42 Å². The van der Waals surface area contributed by atoms with Crippen molar-refractivity contribution in [3.8, 4) is 0 Å². The monoisotopic (exact) mass is 219 g/mol. The summed E-state index contributed by atoms with van der Waals surface area (Å²) in [6.45, 7) is 1.90. The minimum absolute atomic E-state index is 0.673. The predicted molar refractivity (Wildman–Crippen MR) is 66.5 cm³/mol. The molecule has 1 aromatic carbocycles. The third kappa shape index (κ3) is 3.32. The van der Waals surface area contributed by atoms with Gasteiger partial charge in [0.15, 0.2) is 0 Å². The van der Waals surface area contributed by atoms with Crippen LogP contribution in [0.4, 0.5) is 0 Å². The summed E-state index contributed by atoms with van der Waals surface area (Å²) in [4.78, 5) is 0. The van der Waals surface area contributed by atoms with Gasteiger partial charge in [-0.2, -0.15) is 0 Å². The van der Waals surface area contributed by atoms with E-state index in [9.17, 15) is 0 Å². The van der Waals surface area contributed by atoms with Crippen LogP contribution >= 0.6 is 0 Å². The maximum absolute atomic E-state index is 5.16. The first-order chi connectivity index (χ1) is 7.88. The van der Waals surface area contributed by atoms with Gasteiger partial charge in [-0.3, -0.25) is 0 Å². The molecule has 1 aliphatic rings. The fourth-order valence-corrected chi connectivity index (χ4v) is 2.40. The average molecular weight is 219 g/mol. The highest BCUT2D eigenvalue weighted by Gasteiger charge is 2.12. The Morgan fingerprint density at radius 1 is 1.31 bits per heavy atom. The number of piperidine rings is 1. The quantitative estimate of drug-likeness (QED) is 0.840. The van der Waals surface area contributed by atoms with Gasteiger partial charge in [0.25, 0.3) is 0 Å². The van der Waals surface area contributed by atoms with Gasteiger partial charge in [0, 0.05) is 13.2 Å². The fraction of sp³-hybridized carbons (Fsp3) is 0.571. The lowest BCUT2D eigenvalue weighted by Crippen LogP contribution is -2.35. The topological polar surface area (TPSA) is 21.3 Å². The Morgan fingerprint density at radius 2 is 2.19 bits per heavy atom. The molecule has 1 N–H and O–H groups in total. The molecule has 2 nitrogen and oxygen atoms in total. The lowest BCUT2D eigenvalue weighted by molar-refractivity contribution is 0.185. The Hall–Kier alpha value is -0.860. The van der Waals surface area contributed by atoms with E-state index in [1.165, 1.54) is 36.9 Å². The van der Waals surface area contributed by atoms with E-state index >= 15 is 0 Å². The van der Waals surface area contributed by atoms with Crippen molar-refractivity contribution in [2.45, 2.75) is 38.3 Å². The second kappa shape index (κ2) is 6.02. The van der Waals surface area contributed by atoms with Crippen molar-refractivity contribution in [3.05, 3.63) is 35.4 Å². The van der Waals surface area contributed by atoms with Crippen LogP contribution in [0.3, 0.4) is 0 Å². The first-order valence-corrected chi connectivity index (χ1v) is 6.18. The van der Waals surface area contributed by atoms with Gasteiger partial charge in [0.05, 0.1) is 6.61 Å². The van der Waals surface area contributed by atoms with Gasteiger partial charge in [-0.1, -0.05) is 30.7 Å². The van der Waals surface area contributed by atoms with Crippen molar-refractivity contribution in [1.82, 2.24) is 5.32 Å². The predicted octanol–water partition coefficient (Wildman–Crippen LogP) is 2.52. The standard InChI is InChI=1S/C14H21NO/c1-16-11-13-6-4-5-12(9-13)10-14-7-2-3-8-15-14/h4-6,9,14-15H,2-3,7-8,10-11H2,1H3. The second-order valence-electron chi connectivity index (χ2n) is 4.60. The molecule has 2 rings (SSSR count). The molecular formula is C14H21NO. The minimum atomic E-state index is 0.673. The summed E-state index contributed by atoms with van der Waals surface area (Å²) in [6, 6.07) is 9.41. The maximum Gasteiger partial charge on any atom is 0.0713 e. The highest BCUT2D eigenvalue weighted by atomic mass is 16.5. The third-order valence-corrected chi connectivity index (χ3v) is 3.20. The summed E-state index contributed by atoms with van der Waals surface area (Å²) < 4.78 is 5.16. The van der Waals surface area contributed by atoms with Crippen LogP contribution in [0.1, 0.15) is 30.4 Å². The molecule has 0 bridgehead atoms. The van der Waals surface area contributed by atoms with Crippen molar-refractivity contribution < 1.29 is 4.74 Å². The number of ether oxygens (including phenoxy) is 1. The van der Waals surface area contributed by atoms with E-state index in [-0.39, 0.29) is 0 Å². The molecule has 1 fully saturated rings. The van der Waals surface area contributed by atoms with Crippen molar-refractivity contribution in [2.24, 2.45) is 0 Å². The number of nitrogens with one attached hydrogen (secondary N) is 1. The van der Waals surface area contributed by atoms with Crippen LogP contribution in [-0.4, -0.2) is 19.7 Å². The molecule has 0 aromatic heterocycles. The van der Waals surface area contributed by atoms with Crippen molar-refractivity contribution >= 4 is 0 Å². The van der Waals surface area contributed by atoms with Gasteiger partial charge in [-0.15, -0.1) is 0 Å². The minimum Gasteiger partial charge on any atom is -0.380 e. The normalized spacial score (nSPS) is 20.9. The van der Waals surface area contributed by atoms with Crippen LogP contribution in [0.5, 0.6) is 0 Å². The smallest absolute Gasteiger partial charge is 0.0713 e. The Kier molecular flexibility index (Phi) is 4.37. The molecule has 1 saturated heterocycles. The SMILES string of the molecule is COCc1cccc(CC2CCCCN2)c1. The summed E-state index contributed by atoms with van der Waals surface area (Å²) in [5, 5.41) is 3.59. The second-order valence-corrected chi connectivity index (χ2v) is 4.60. The summed E-state index contributed by atoms with van der Waals surface area (Å²) in [7, 11) is 1.75. The molecule has 88 valence electrons. The van der Waals surface area contributed by atoms with Crippen molar-refractivity contribution in [1.29, 1.82) is 0 Å². The lowest BCUT2D eigenvalue weighted by atomic mass is 9.97. The van der Waals surface area contributed by atoms with Crippen LogP contribution in [0, 0.1) is 0 Å². The van der Waals surface area contributed by atoms with Crippen LogP contribution < -0.4 is 5.32 Å². The first-order valence-electron chi connectivity index (χ1n) is 6.18. The number of methoxy groups -OCH3 is 1. The van der Waals surface area contributed by atoms with E-state index < -0.39 is 0 Å². The molecule has 0 radical (unpaired) electrons. The molecular weight excluding hydrogens is 198 g/mol. The summed E-state index contributed by atoms with van der Waals surface area (Å²) >= 11 is 0. The Labute approximate surface area is 98.0 Å². The van der Waals surface area contributed by atoms with Gasteiger partial charge in [0.2, 0.25) is 0 Å². The summed E-state index contributed by atoms with van der Waals surface area (Å²) in [5.74, 6) is 0. The van der Waals surface area contributed by atoms with Crippen LogP contribution in [0.2, 0.25) is 0 Å². The molecule has 1 heterocycles. The molecule has 0 aliphatic carbocycles. The Balaban J connectivity index is 1.94. The molecule has 1 unspecified atom stereocenters. The van der Waals surface area contributed by atoms with E-state index in [1.54, 1.807) is 7.11 Å². The summed E-state index contributed by atoms with van der Waals surface area (Å²) in [6.07, 6.45) is 5.17. The maximum atomic E-state index is 5.16. The molecule has 1 atom stereocenters. The molecule has 2 heteroatoms. The first kappa shape index (κ1) is 11.6. The van der Waals surface area contributed by atoms with Crippen LogP contribution in [0.25, 0.3) is 0 Å². The molecule has 0 amide bonds. The van der Waals surface area contributed by atoms with Gasteiger partial charge < -0.3 is 10.1 Å². The van der Waals surface area contributed by atoms with Crippen molar-refractivity contribution in [3.63, 3.8) is 0 Å². The fourth-order valence-electron chi connectivity index (χ4n) is 2.40. The average Bonchev–Trinajstić information content (AvgIpc) is 2.31. The Morgan fingerprint density at radius 3 is 2.94 bits per heavy atom. The van der Waals surface area contributed by atoms with Crippen LogP contribution in [0.15, 0.2) is 24.3 Å². The Bertz CT molecular complexity index is 318. The van der Waals surface area contributed by atoms with Gasteiger partial charge >= 0.3 is 0 Å². The molecule has 1 aromatic rings. The molecule has 16 heavy (non-hydrogen) atoms. The number of hydrogen-bond acceptors (Lipinski definition) is 2. The van der Waals surface area contributed by atoms with Crippen LogP contribution in [-0.2, 0) is 17.8 Å². The third-order valence-electron chi connectivity index (χ3n) is 3.20. The highest BCUT2D eigenvalue weighted by Crippen LogP contribution is 2.14. The van der Waals surface area contributed by atoms with E-state index in [1.807, 2.05) is 0 Å². The zero-order chi connectivity index (χ0) is 11.2. The summed E-state index contributed by atoms with van der Waals surface area (Å²) in [5.41, 5.74) is 2.70. The van der Waals surface area contributed by atoms with Crippen molar-refractivity contribution in [2.75, 3.05) is 13.7 Å². The zero-order valence-corrected chi connectivity index (χ0v) is 10.0.